The maximum atomic E-state index is 13.1. The molecule has 0 aliphatic carbocycles. The molecule has 0 saturated carbocycles. The number of halogens is 4. The van der Waals surface area contributed by atoms with Crippen molar-refractivity contribution in [1.29, 1.82) is 0 Å². The van der Waals surface area contributed by atoms with E-state index in [9.17, 15) is 13.2 Å². The fourth-order valence-electron chi connectivity index (χ4n) is 2.27. The van der Waals surface area contributed by atoms with E-state index in [0.717, 1.165) is 21.4 Å². The number of alkyl halides is 3. The van der Waals surface area contributed by atoms with Gasteiger partial charge in [-0.1, -0.05) is 11.6 Å². The fraction of sp³-hybridized carbons (Fsp3) is 0.333. The topological polar surface area (TPSA) is 12.0 Å². The van der Waals surface area contributed by atoms with Gasteiger partial charge in [-0.25, -0.2) is 0 Å². The number of anilines is 1. The Labute approximate surface area is 130 Å². The summed E-state index contributed by atoms with van der Waals surface area (Å²) < 4.78 is 39.2. The third kappa shape index (κ3) is 3.71. The van der Waals surface area contributed by atoms with Crippen LogP contribution in [0.3, 0.4) is 0 Å². The second-order valence-electron chi connectivity index (χ2n) is 4.92. The second-order valence-corrected chi connectivity index (χ2v) is 6.82. The number of rotatable bonds is 3. The molecule has 0 fully saturated rings. The standard InChI is InChI=1S/C15H15ClF3NS/c1-8-6-12(10(3)21-8)9(2)20-14-5-4-11(16)7-13(14)15(17,18)19/h4-7,9,20H,1-3H3. The van der Waals surface area contributed by atoms with Gasteiger partial charge in [0.15, 0.2) is 0 Å². The quantitative estimate of drug-likeness (QED) is 0.704. The third-order valence-corrected chi connectivity index (χ3v) is 4.42. The van der Waals surface area contributed by atoms with Crippen molar-refractivity contribution in [2.24, 2.45) is 0 Å². The van der Waals surface area contributed by atoms with E-state index in [-0.39, 0.29) is 16.8 Å². The molecule has 0 bridgehead atoms. The molecule has 1 heterocycles. The number of nitrogens with one attached hydrogen (secondary N) is 1. The molecular weight excluding hydrogens is 319 g/mol. The van der Waals surface area contributed by atoms with Gasteiger partial charge >= 0.3 is 6.18 Å². The molecule has 1 aromatic carbocycles. The zero-order chi connectivity index (χ0) is 15.8. The van der Waals surface area contributed by atoms with Gasteiger partial charge in [0, 0.05) is 26.5 Å². The van der Waals surface area contributed by atoms with Crippen LogP contribution in [-0.2, 0) is 6.18 Å². The van der Waals surface area contributed by atoms with E-state index in [1.165, 1.54) is 12.1 Å². The van der Waals surface area contributed by atoms with E-state index in [4.69, 9.17) is 11.6 Å². The van der Waals surface area contributed by atoms with E-state index in [2.05, 4.69) is 5.32 Å². The van der Waals surface area contributed by atoms with Crippen molar-refractivity contribution in [3.05, 3.63) is 50.2 Å². The summed E-state index contributed by atoms with van der Waals surface area (Å²) in [5.41, 5.74) is 0.315. The molecule has 0 radical (unpaired) electrons. The molecule has 2 rings (SSSR count). The fourth-order valence-corrected chi connectivity index (χ4v) is 3.46. The van der Waals surface area contributed by atoms with Gasteiger partial charge < -0.3 is 5.32 Å². The lowest BCUT2D eigenvalue weighted by atomic mass is 10.1. The normalized spacial score (nSPS) is 13.3. The summed E-state index contributed by atoms with van der Waals surface area (Å²) in [5, 5.41) is 3.02. The molecule has 0 amide bonds. The summed E-state index contributed by atoms with van der Waals surface area (Å²) in [7, 11) is 0. The van der Waals surface area contributed by atoms with E-state index in [1.54, 1.807) is 11.3 Å². The van der Waals surface area contributed by atoms with Crippen molar-refractivity contribution >= 4 is 28.6 Å². The molecule has 114 valence electrons. The predicted octanol–water partition coefficient (Wildman–Crippen LogP) is 6.21. The Hall–Kier alpha value is -1.20. The molecule has 2 aromatic rings. The zero-order valence-electron chi connectivity index (χ0n) is 11.8. The first-order valence-corrected chi connectivity index (χ1v) is 7.58. The molecule has 1 N–H and O–H groups in total. The molecule has 1 unspecified atom stereocenters. The van der Waals surface area contributed by atoms with Crippen LogP contribution >= 0.6 is 22.9 Å². The minimum atomic E-state index is -4.44. The number of benzene rings is 1. The van der Waals surface area contributed by atoms with Crippen molar-refractivity contribution < 1.29 is 13.2 Å². The molecule has 0 spiro atoms. The van der Waals surface area contributed by atoms with Crippen molar-refractivity contribution in [1.82, 2.24) is 0 Å². The maximum absolute atomic E-state index is 13.1. The Kier molecular flexibility index (Phi) is 4.54. The summed E-state index contributed by atoms with van der Waals surface area (Å²) in [4.78, 5) is 2.25. The SMILES string of the molecule is Cc1cc(C(C)Nc2ccc(Cl)cc2C(F)(F)F)c(C)s1. The molecule has 1 aromatic heterocycles. The summed E-state index contributed by atoms with van der Waals surface area (Å²) in [6.07, 6.45) is -4.44. The Balaban J connectivity index is 2.33. The van der Waals surface area contributed by atoms with Crippen LogP contribution in [-0.4, -0.2) is 0 Å². The van der Waals surface area contributed by atoms with Gasteiger partial charge in [-0.2, -0.15) is 13.2 Å². The Morgan fingerprint density at radius 2 is 1.86 bits per heavy atom. The van der Waals surface area contributed by atoms with Crippen LogP contribution in [0.2, 0.25) is 5.02 Å². The van der Waals surface area contributed by atoms with Crippen LogP contribution in [0.1, 0.15) is 33.8 Å². The van der Waals surface area contributed by atoms with Gasteiger partial charge in [-0.05, 0) is 50.6 Å². The van der Waals surface area contributed by atoms with E-state index < -0.39 is 11.7 Å². The molecule has 6 heteroatoms. The van der Waals surface area contributed by atoms with Crippen molar-refractivity contribution in [2.45, 2.75) is 33.0 Å². The number of thiophene rings is 1. The summed E-state index contributed by atoms with van der Waals surface area (Å²) >= 11 is 7.32. The smallest absolute Gasteiger partial charge is 0.378 e. The molecule has 0 aliphatic heterocycles. The monoisotopic (exact) mass is 333 g/mol. The highest BCUT2D eigenvalue weighted by Gasteiger charge is 2.34. The second kappa shape index (κ2) is 5.89. The van der Waals surface area contributed by atoms with Crippen molar-refractivity contribution in [3.8, 4) is 0 Å². The Bertz CT molecular complexity index is 649. The first-order valence-electron chi connectivity index (χ1n) is 6.38. The summed E-state index contributed by atoms with van der Waals surface area (Å²) in [6, 6.07) is 5.56. The average molecular weight is 334 g/mol. The average Bonchev–Trinajstić information content (AvgIpc) is 2.69. The Morgan fingerprint density at radius 1 is 1.19 bits per heavy atom. The van der Waals surface area contributed by atoms with Crippen LogP contribution in [0, 0.1) is 13.8 Å². The molecule has 21 heavy (non-hydrogen) atoms. The van der Waals surface area contributed by atoms with Crippen LogP contribution in [0.4, 0.5) is 18.9 Å². The zero-order valence-corrected chi connectivity index (χ0v) is 13.4. The van der Waals surface area contributed by atoms with Crippen LogP contribution in [0.5, 0.6) is 0 Å². The lowest BCUT2D eigenvalue weighted by Gasteiger charge is -2.20. The molecule has 0 saturated heterocycles. The molecule has 1 atom stereocenters. The highest BCUT2D eigenvalue weighted by Crippen LogP contribution is 2.38. The third-order valence-electron chi connectivity index (χ3n) is 3.20. The van der Waals surface area contributed by atoms with Gasteiger partial charge in [0.1, 0.15) is 0 Å². The molecule has 1 nitrogen and oxygen atoms in total. The Morgan fingerprint density at radius 3 is 2.38 bits per heavy atom. The number of aryl methyl sites for hydroxylation is 2. The van der Waals surface area contributed by atoms with Gasteiger partial charge in [0.05, 0.1) is 5.56 Å². The van der Waals surface area contributed by atoms with Crippen LogP contribution in [0.15, 0.2) is 24.3 Å². The lowest BCUT2D eigenvalue weighted by Crippen LogP contribution is -2.13. The van der Waals surface area contributed by atoms with Gasteiger partial charge in [-0.3, -0.25) is 0 Å². The van der Waals surface area contributed by atoms with E-state index in [1.807, 2.05) is 26.8 Å². The van der Waals surface area contributed by atoms with Crippen molar-refractivity contribution in [2.75, 3.05) is 5.32 Å². The predicted molar refractivity (Wildman–Crippen MR) is 82.3 cm³/mol. The lowest BCUT2D eigenvalue weighted by molar-refractivity contribution is -0.137. The summed E-state index contributed by atoms with van der Waals surface area (Å²) in [6.45, 7) is 5.80. The van der Waals surface area contributed by atoms with Gasteiger partial charge in [-0.15, -0.1) is 11.3 Å². The number of hydrogen-bond donors (Lipinski definition) is 1. The summed E-state index contributed by atoms with van der Waals surface area (Å²) in [5.74, 6) is 0. The highest BCUT2D eigenvalue weighted by molar-refractivity contribution is 7.12. The first kappa shape index (κ1) is 16.2. The van der Waals surface area contributed by atoms with Gasteiger partial charge in [0.25, 0.3) is 0 Å². The largest absolute Gasteiger partial charge is 0.418 e. The highest BCUT2D eigenvalue weighted by atomic mass is 35.5. The van der Waals surface area contributed by atoms with Crippen LogP contribution < -0.4 is 5.32 Å². The number of hydrogen-bond acceptors (Lipinski definition) is 2. The molecule has 0 aliphatic rings. The minimum absolute atomic E-state index is 0.0441. The minimum Gasteiger partial charge on any atom is -0.378 e. The van der Waals surface area contributed by atoms with Gasteiger partial charge in [0.2, 0.25) is 0 Å². The maximum Gasteiger partial charge on any atom is 0.418 e. The van der Waals surface area contributed by atoms with E-state index in [0.29, 0.717) is 0 Å². The van der Waals surface area contributed by atoms with Crippen molar-refractivity contribution in [3.63, 3.8) is 0 Å². The van der Waals surface area contributed by atoms with E-state index >= 15 is 0 Å². The first-order chi connectivity index (χ1) is 9.68. The molecular formula is C15H15ClF3NS. The van der Waals surface area contributed by atoms with Crippen LogP contribution in [0.25, 0.3) is 0 Å².